The fraction of sp³-hybridized carbons (Fsp3) is 0.750. The molecule has 6 heteroatoms. The van der Waals surface area contributed by atoms with Gasteiger partial charge in [0.15, 0.2) is 0 Å². The summed E-state index contributed by atoms with van der Waals surface area (Å²) >= 11 is 0. The molecule has 0 aliphatic carbocycles. The van der Waals surface area contributed by atoms with Gasteiger partial charge in [0.05, 0.1) is 13.2 Å². The number of aldehydes is 1. The van der Waals surface area contributed by atoms with E-state index in [1.165, 1.54) is 24.0 Å². The smallest absolute Gasteiger partial charge is 0.222 e. The van der Waals surface area contributed by atoms with E-state index in [1.54, 1.807) is 0 Å². The van der Waals surface area contributed by atoms with E-state index in [4.69, 9.17) is 9.57 Å². The van der Waals surface area contributed by atoms with E-state index in [-0.39, 0.29) is 0 Å². The van der Waals surface area contributed by atoms with E-state index in [0.29, 0.717) is 24.2 Å². The van der Waals surface area contributed by atoms with Gasteiger partial charge in [0.2, 0.25) is 5.91 Å². The highest BCUT2D eigenvalue weighted by molar-refractivity contribution is 5.77. The molecule has 0 bridgehead atoms. The lowest BCUT2D eigenvalue weighted by atomic mass is 9.85. The van der Waals surface area contributed by atoms with Crippen LogP contribution in [0, 0.1) is 5.92 Å². The molecule has 1 amide bonds. The molecule has 1 aromatic rings. The lowest BCUT2D eigenvalue weighted by Gasteiger charge is -2.23. The molecule has 6 nitrogen and oxygen atoms in total. The number of rotatable bonds is 13. The largest absolute Gasteiger partial charge is 0.493 e. The third-order valence-corrected chi connectivity index (χ3v) is 6.65. The van der Waals surface area contributed by atoms with Crippen LogP contribution in [0.15, 0.2) is 18.2 Å². The Hall–Kier alpha value is -1.92. The Morgan fingerprint density at radius 3 is 2.39 bits per heavy atom. The summed E-state index contributed by atoms with van der Waals surface area (Å²) in [4.78, 5) is 28.2. The van der Waals surface area contributed by atoms with Crippen LogP contribution in [0.4, 0.5) is 0 Å². The minimum atomic E-state index is 0.350. The van der Waals surface area contributed by atoms with Gasteiger partial charge in [-0.15, -0.1) is 0 Å². The van der Waals surface area contributed by atoms with Gasteiger partial charge in [0.25, 0.3) is 0 Å². The molecule has 0 saturated carbocycles. The zero-order valence-corrected chi connectivity index (χ0v) is 25.9. The second kappa shape index (κ2) is 23.0. The van der Waals surface area contributed by atoms with Crippen molar-refractivity contribution >= 4 is 12.2 Å². The fourth-order valence-electron chi connectivity index (χ4n) is 4.55. The Bertz CT molecular complexity index is 740. The molecule has 2 aliphatic heterocycles. The summed E-state index contributed by atoms with van der Waals surface area (Å²) in [5, 5.41) is 1.89. The van der Waals surface area contributed by atoms with Gasteiger partial charge in [0.1, 0.15) is 12.0 Å². The van der Waals surface area contributed by atoms with E-state index >= 15 is 0 Å². The average Bonchev–Trinajstić information content (AvgIpc) is 3.59. The number of hydroxylamine groups is 2. The van der Waals surface area contributed by atoms with Crippen molar-refractivity contribution in [1.29, 1.82) is 0 Å². The normalized spacial score (nSPS) is 15.2. The van der Waals surface area contributed by atoms with Crippen molar-refractivity contribution in [3.8, 4) is 5.75 Å². The highest BCUT2D eigenvalue weighted by Gasteiger charge is 2.22. The van der Waals surface area contributed by atoms with Gasteiger partial charge < -0.3 is 14.4 Å². The van der Waals surface area contributed by atoms with E-state index in [0.717, 1.165) is 83.4 Å². The second-order valence-electron chi connectivity index (χ2n) is 9.94. The highest BCUT2D eigenvalue weighted by atomic mass is 16.7. The maximum atomic E-state index is 11.7. The van der Waals surface area contributed by atoms with Crippen LogP contribution in [0.5, 0.6) is 5.75 Å². The van der Waals surface area contributed by atoms with Crippen LogP contribution >= 0.6 is 0 Å². The Labute approximate surface area is 234 Å². The van der Waals surface area contributed by atoms with E-state index in [2.05, 4.69) is 45.9 Å². The summed E-state index contributed by atoms with van der Waals surface area (Å²) in [5.41, 5.74) is 2.83. The number of ether oxygens (including phenoxy) is 1. The Balaban J connectivity index is 0.000000762. The van der Waals surface area contributed by atoms with Crippen LogP contribution in [0.3, 0.4) is 0 Å². The first-order valence-corrected chi connectivity index (χ1v) is 15.2. The molecule has 3 rings (SSSR count). The molecule has 0 spiro atoms. The van der Waals surface area contributed by atoms with Gasteiger partial charge in [-0.1, -0.05) is 60.6 Å². The van der Waals surface area contributed by atoms with Crippen LogP contribution < -0.4 is 4.74 Å². The Kier molecular flexibility index (Phi) is 21.8. The van der Waals surface area contributed by atoms with Crippen molar-refractivity contribution < 1.29 is 19.2 Å². The molecule has 2 aliphatic rings. The average molecular weight is 535 g/mol. The van der Waals surface area contributed by atoms with Crippen LogP contribution in [0.1, 0.15) is 117 Å². The molecule has 220 valence electrons. The zero-order chi connectivity index (χ0) is 28.8. The van der Waals surface area contributed by atoms with Crippen molar-refractivity contribution in [2.24, 2.45) is 5.92 Å². The maximum Gasteiger partial charge on any atom is 0.222 e. The topological polar surface area (TPSA) is 59.1 Å². The minimum absolute atomic E-state index is 0.350. The van der Waals surface area contributed by atoms with Gasteiger partial charge in [-0.2, -0.15) is 5.06 Å². The molecule has 0 aromatic heterocycles. The molecule has 2 heterocycles. The molecule has 38 heavy (non-hydrogen) atoms. The monoisotopic (exact) mass is 534 g/mol. The number of hydrogen-bond donors (Lipinski definition) is 0. The van der Waals surface area contributed by atoms with E-state index < -0.39 is 0 Å². The van der Waals surface area contributed by atoms with Crippen molar-refractivity contribution in [1.82, 2.24) is 9.96 Å². The van der Waals surface area contributed by atoms with Crippen LogP contribution in [-0.4, -0.2) is 62.1 Å². The molecule has 2 unspecified atom stereocenters. The van der Waals surface area contributed by atoms with Crippen molar-refractivity contribution in [2.75, 3.05) is 39.9 Å². The van der Waals surface area contributed by atoms with Crippen LogP contribution in [0.2, 0.25) is 0 Å². The number of carbonyl (C=O) groups excluding carboxylic acids is 2. The first-order valence-electron chi connectivity index (χ1n) is 15.2. The van der Waals surface area contributed by atoms with E-state index in [9.17, 15) is 9.59 Å². The predicted molar refractivity (Wildman–Crippen MR) is 160 cm³/mol. The molecule has 2 atom stereocenters. The quantitative estimate of drug-likeness (QED) is 0.194. The number of likely N-dealkylation sites (tertiary alicyclic amines) is 1. The van der Waals surface area contributed by atoms with Crippen molar-refractivity contribution in [3.63, 3.8) is 0 Å². The van der Waals surface area contributed by atoms with Crippen molar-refractivity contribution in [2.45, 2.75) is 112 Å². The fourth-order valence-corrected chi connectivity index (χ4v) is 4.55. The molecule has 1 aromatic carbocycles. The van der Waals surface area contributed by atoms with Crippen molar-refractivity contribution in [3.05, 3.63) is 29.3 Å². The number of carbonyl (C=O) groups is 2. The molecular formula is C32H58N2O4. The number of amides is 1. The number of nitrogens with zero attached hydrogens (tertiary/aromatic N) is 2. The second-order valence-corrected chi connectivity index (χ2v) is 9.94. The van der Waals surface area contributed by atoms with Gasteiger partial charge in [-0.05, 0) is 67.6 Å². The highest BCUT2D eigenvalue weighted by Crippen LogP contribution is 2.33. The number of benzene rings is 1. The minimum Gasteiger partial charge on any atom is -0.493 e. The summed E-state index contributed by atoms with van der Waals surface area (Å²) in [7, 11) is 1.97. The molecular weight excluding hydrogens is 476 g/mol. The molecule has 0 radical (unpaired) electrons. The third-order valence-electron chi connectivity index (χ3n) is 6.65. The van der Waals surface area contributed by atoms with Gasteiger partial charge >= 0.3 is 0 Å². The Morgan fingerprint density at radius 2 is 1.84 bits per heavy atom. The van der Waals surface area contributed by atoms with Crippen LogP contribution in [0.25, 0.3) is 0 Å². The Morgan fingerprint density at radius 1 is 1.13 bits per heavy atom. The summed E-state index contributed by atoms with van der Waals surface area (Å²) in [6.07, 6.45) is 10.1. The first-order chi connectivity index (χ1) is 18.4. The van der Waals surface area contributed by atoms with Gasteiger partial charge in [0, 0.05) is 45.9 Å². The standard InChI is InChI=1S/C20H29NO2.C7H17NO.C3H6O.C2H6/c1-3-16(17-6-7-19-18(14-17)9-12-23-19)13-15(2)8-11-21-10-4-5-20(21)22;1-4-6-8(3)9-7-5-2;1-2-3-4;1-2/h6-7,14-16H,3-5,8-13H2,1-2H3;4-7H2,1-3H3;3H,2H2,1H3;1-2H3. The lowest BCUT2D eigenvalue weighted by molar-refractivity contribution is -0.139. The molecule has 1 saturated heterocycles. The first kappa shape index (κ1) is 36.1. The van der Waals surface area contributed by atoms with Gasteiger partial charge in [-0.3, -0.25) is 9.63 Å². The van der Waals surface area contributed by atoms with Crippen LogP contribution in [-0.2, 0) is 20.8 Å². The maximum absolute atomic E-state index is 11.7. The lowest BCUT2D eigenvalue weighted by Crippen LogP contribution is -2.27. The number of fused-ring (bicyclic) bond motifs is 1. The number of hydrogen-bond acceptors (Lipinski definition) is 5. The van der Waals surface area contributed by atoms with E-state index in [1.807, 2.05) is 37.8 Å². The predicted octanol–water partition coefficient (Wildman–Crippen LogP) is 7.45. The zero-order valence-electron chi connectivity index (χ0n) is 25.9. The molecule has 1 fully saturated rings. The summed E-state index contributed by atoms with van der Waals surface area (Å²) in [6.45, 7) is 19.3. The summed E-state index contributed by atoms with van der Waals surface area (Å²) in [6, 6.07) is 6.75. The summed E-state index contributed by atoms with van der Waals surface area (Å²) < 4.78 is 5.62. The van der Waals surface area contributed by atoms with Gasteiger partial charge in [-0.25, -0.2) is 0 Å². The summed E-state index contributed by atoms with van der Waals surface area (Å²) in [5.74, 6) is 2.69. The SMILES string of the molecule is CC.CCC(CC(C)CCN1CCCC1=O)c1ccc2c(c1)CCO2.CCC=O.CCCON(C)CCC. The molecule has 0 N–H and O–H groups in total. The third kappa shape index (κ3) is 14.9.